The summed E-state index contributed by atoms with van der Waals surface area (Å²) in [4.78, 5) is 11.4. The second-order valence-corrected chi connectivity index (χ2v) is 4.71. The summed E-state index contributed by atoms with van der Waals surface area (Å²) in [7, 11) is 0. The van der Waals surface area contributed by atoms with Crippen LogP contribution in [0.1, 0.15) is 10.5 Å². The highest BCUT2D eigenvalue weighted by Gasteiger charge is 2.14. The Morgan fingerprint density at radius 3 is 2.70 bits per heavy atom. The zero-order valence-electron chi connectivity index (χ0n) is 10.6. The van der Waals surface area contributed by atoms with E-state index >= 15 is 0 Å². The molecule has 4 rings (SSSR count). The first kappa shape index (κ1) is 11.1. The van der Waals surface area contributed by atoms with E-state index in [4.69, 9.17) is 4.42 Å². The molecular weight excluding hydrogens is 250 g/mol. The summed E-state index contributed by atoms with van der Waals surface area (Å²) >= 11 is 0. The minimum absolute atomic E-state index is 0.611. The molecule has 0 unspecified atom stereocenters. The Bertz CT molecular complexity index is 897. The second-order valence-electron chi connectivity index (χ2n) is 4.71. The Kier molecular flexibility index (Phi) is 2.27. The molecule has 0 saturated heterocycles. The van der Waals surface area contributed by atoms with E-state index in [1.807, 2.05) is 65.2 Å². The monoisotopic (exact) mass is 261 g/mol. The first-order valence-corrected chi connectivity index (χ1v) is 6.41. The van der Waals surface area contributed by atoms with E-state index < -0.39 is 0 Å². The zero-order valence-corrected chi connectivity index (χ0v) is 10.6. The lowest BCUT2D eigenvalue weighted by atomic mass is 10.2. The normalized spacial score (nSPS) is 11.2. The number of carbonyl (C=O) groups is 1. The third kappa shape index (κ3) is 1.50. The fourth-order valence-corrected chi connectivity index (χ4v) is 2.58. The Morgan fingerprint density at radius 1 is 1.00 bits per heavy atom. The molecule has 0 fully saturated rings. The molecule has 0 saturated carbocycles. The van der Waals surface area contributed by atoms with E-state index in [1.165, 1.54) is 0 Å². The van der Waals surface area contributed by atoms with Crippen molar-refractivity contribution >= 4 is 22.8 Å². The fourth-order valence-electron chi connectivity index (χ4n) is 2.58. The average molecular weight is 261 g/mol. The molecule has 0 aliphatic rings. The van der Waals surface area contributed by atoms with E-state index in [1.54, 1.807) is 0 Å². The molecular formula is C17H11NO2. The first-order valence-electron chi connectivity index (χ1n) is 6.41. The average Bonchev–Trinajstić information content (AvgIpc) is 3.07. The van der Waals surface area contributed by atoms with Gasteiger partial charge in [0.1, 0.15) is 11.3 Å². The van der Waals surface area contributed by atoms with Gasteiger partial charge in [-0.1, -0.05) is 24.3 Å². The number of hydrogen-bond donors (Lipinski definition) is 0. The van der Waals surface area contributed by atoms with Gasteiger partial charge in [-0.3, -0.25) is 4.79 Å². The summed E-state index contributed by atoms with van der Waals surface area (Å²) in [5, 5.41) is 1.04. The predicted molar refractivity (Wildman–Crippen MR) is 78.0 cm³/mol. The molecule has 3 heterocycles. The number of pyridine rings is 1. The number of nitrogens with zero attached hydrogens (tertiary/aromatic N) is 1. The van der Waals surface area contributed by atoms with Crippen LogP contribution in [-0.2, 0) is 0 Å². The van der Waals surface area contributed by atoms with Gasteiger partial charge < -0.3 is 8.82 Å². The maximum atomic E-state index is 11.4. The quantitative estimate of drug-likeness (QED) is 0.508. The van der Waals surface area contributed by atoms with Crippen molar-refractivity contribution in [3.63, 3.8) is 0 Å². The van der Waals surface area contributed by atoms with Crippen molar-refractivity contribution in [1.82, 2.24) is 4.40 Å². The molecule has 1 aromatic carbocycles. The van der Waals surface area contributed by atoms with Gasteiger partial charge in [0.15, 0.2) is 6.29 Å². The van der Waals surface area contributed by atoms with Gasteiger partial charge in [-0.05, 0) is 30.3 Å². The molecule has 0 atom stereocenters. The summed E-state index contributed by atoms with van der Waals surface area (Å²) in [6, 6.07) is 17.6. The number of para-hydroxylation sites is 1. The molecule has 0 N–H and O–H groups in total. The molecule has 0 radical (unpaired) electrons. The lowest BCUT2D eigenvalue weighted by Crippen LogP contribution is -1.90. The van der Waals surface area contributed by atoms with E-state index in [9.17, 15) is 4.79 Å². The van der Waals surface area contributed by atoms with Gasteiger partial charge in [0.25, 0.3) is 0 Å². The molecule has 96 valence electrons. The zero-order chi connectivity index (χ0) is 13.5. The molecule has 3 heteroatoms. The minimum Gasteiger partial charge on any atom is -0.456 e. The molecule has 3 aromatic heterocycles. The van der Waals surface area contributed by atoms with Gasteiger partial charge in [0, 0.05) is 22.7 Å². The van der Waals surface area contributed by atoms with Crippen LogP contribution in [0.4, 0.5) is 0 Å². The first-order chi connectivity index (χ1) is 9.86. The molecule has 0 bridgehead atoms. The van der Waals surface area contributed by atoms with Crippen LogP contribution in [-0.4, -0.2) is 10.7 Å². The maximum Gasteiger partial charge on any atom is 0.167 e. The molecule has 4 aromatic rings. The summed E-state index contributed by atoms with van der Waals surface area (Å²) in [6.45, 7) is 0. The van der Waals surface area contributed by atoms with Crippen LogP contribution in [0, 0.1) is 0 Å². The van der Waals surface area contributed by atoms with Gasteiger partial charge in [0.05, 0.1) is 5.69 Å². The van der Waals surface area contributed by atoms with Crippen molar-refractivity contribution in [2.24, 2.45) is 0 Å². The van der Waals surface area contributed by atoms with Crippen LogP contribution in [0.25, 0.3) is 27.8 Å². The molecule has 3 nitrogen and oxygen atoms in total. The van der Waals surface area contributed by atoms with Crippen LogP contribution in [0.3, 0.4) is 0 Å². The number of hydrogen-bond acceptors (Lipinski definition) is 2. The van der Waals surface area contributed by atoms with E-state index in [0.29, 0.717) is 5.69 Å². The van der Waals surface area contributed by atoms with Crippen LogP contribution in [0.2, 0.25) is 0 Å². The number of rotatable bonds is 2. The SMILES string of the molecule is O=Cc1c(-c2cc3ccccc3o2)cc2ccccn12. The summed E-state index contributed by atoms with van der Waals surface area (Å²) in [5.74, 6) is 0.719. The molecule has 0 spiro atoms. The van der Waals surface area contributed by atoms with Crippen molar-refractivity contribution in [3.05, 3.63) is 66.5 Å². The largest absolute Gasteiger partial charge is 0.456 e. The van der Waals surface area contributed by atoms with Crippen molar-refractivity contribution in [2.75, 3.05) is 0 Å². The van der Waals surface area contributed by atoms with Gasteiger partial charge in [-0.2, -0.15) is 0 Å². The number of fused-ring (bicyclic) bond motifs is 2. The molecule has 0 amide bonds. The van der Waals surface area contributed by atoms with Crippen LogP contribution in [0.15, 0.2) is 65.2 Å². The van der Waals surface area contributed by atoms with Gasteiger partial charge in [-0.25, -0.2) is 0 Å². The fraction of sp³-hybridized carbons (Fsp3) is 0. The number of aromatic nitrogens is 1. The van der Waals surface area contributed by atoms with E-state index in [0.717, 1.165) is 34.1 Å². The molecule has 20 heavy (non-hydrogen) atoms. The highest BCUT2D eigenvalue weighted by Crippen LogP contribution is 2.31. The Balaban J connectivity index is 2.03. The number of furan rings is 1. The Morgan fingerprint density at radius 2 is 1.85 bits per heavy atom. The summed E-state index contributed by atoms with van der Waals surface area (Å²) < 4.78 is 7.72. The standard InChI is InChI=1S/C17H11NO2/c19-11-15-14(10-13-6-3-4-8-18(13)15)17-9-12-5-1-2-7-16(12)20-17/h1-11H. The predicted octanol–water partition coefficient (Wildman–Crippen LogP) is 4.17. The number of aldehydes is 1. The van der Waals surface area contributed by atoms with Crippen molar-refractivity contribution in [2.45, 2.75) is 0 Å². The smallest absolute Gasteiger partial charge is 0.167 e. The highest BCUT2D eigenvalue weighted by atomic mass is 16.3. The highest BCUT2D eigenvalue weighted by molar-refractivity contribution is 5.91. The lowest BCUT2D eigenvalue weighted by Gasteiger charge is -1.96. The van der Waals surface area contributed by atoms with Crippen molar-refractivity contribution in [3.8, 4) is 11.3 Å². The topological polar surface area (TPSA) is 34.6 Å². The molecule has 0 aliphatic heterocycles. The Hall–Kier alpha value is -2.81. The third-order valence-electron chi connectivity index (χ3n) is 3.52. The minimum atomic E-state index is 0.611. The van der Waals surface area contributed by atoms with Crippen LogP contribution in [0.5, 0.6) is 0 Å². The lowest BCUT2D eigenvalue weighted by molar-refractivity contribution is 0.111. The number of carbonyl (C=O) groups excluding carboxylic acids is 1. The van der Waals surface area contributed by atoms with E-state index in [-0.39, 0.29) is 0 Å². The van der Waals surface area contributed by atoms with Crippen LogP contribution < -0.4 is 0 Å². The summed E-state index contributed by atoms with van der Waals surface area (Å²) in [5.41, 5.74) is 3.24. The van der Waals surface area contributed by atoms with Gasteiger partial charge in [0.2, 0.25) is 0 Å². The maximum absolute atomic E-state index is 11.4. The van der Waals surface area contributed by atoms with Gasteiger partial charge in [-0.15, -0.1) is 0 Å². The summed E-state index contributed by atoms with van der Waals surface area (Å²) in [6.07, 6.45) is 2.75. The van der Waals surface area contributed by atoms with Crippen molar-refractivity contribution < 1.29 is 9.21 Å². The third-order valence-corrected chi connectivity index (χ3v) is 3.52. The Labute approximate surface area is 115 Å². The number of benzene rings is 1. The van der Waals surface area contributed by atoms with Gasteiger partial charge >= 0.3 is 0 Å². The van der Waals surface area contributed by atoms with Crippen molar-refractivity contribution in [1.29, 1.82) is 0 Å². The molecule has 0 aliphatic carbocycles. The van der Waals surface area contributed by atoms with Crippen LogP contribution >= 0.6 is 0 Å². The van der Waals surface area contributed by atoms with E-state index in [2.05, 4.69) is 0 Å². The second kappa shape index (κ2) is 4.10.